The van der Waals surface area contributed by atoms with Crippen LogP contribution in [-0.2, 0) is 6.42 Å². The van der Waals surface area contributed by atoms with Gasteiger partial charge in [-0.25, -0.2) is 9.78 Å². The van der Waals surface area contributed by atoms with Gasteiger partial charge in [-0.3, -0.25) is 0 Å². The van der Waals surface area contributed by atoms with E-state index in [1.54, 1.807) is 17.8 Å². The fraction of sp³-hybridized carbons (Fsp3) is 0.143. The van der Waals surface area contributed by atoms with Crippen LogP contribution in [0.15, 0.2) is 53.7 Å². The molecule has 92 valence electrons. The van der Waals surface area contributed by atoms with E-state index in [4.69, 9.17) is 5.11 Å². The van der Waals surface area contributed by atoms with Crippen molar-refractivity contribution in [2.75, 3.05) is 5.75 Å². The molecule has 1 heterocycles. The van der Waals surface area contributed by atoms with Gasteiger partial charge in [0.25, 0.3) is 0 Å². The largest absolute Gasteiger partial charge is 0.478 e. The lowest BCUT2D eigenvalue weighted by atomic mass is 10.2. The fourth-order valence-electron chi connectivity index (χ4n) is 1.54. The maximum atomic E-state index is 10.8. The van der Waals surface area contributed by atoms with Crippen molar-refractivity contribution in [3.05, 3.63) is 59.8 Å². The number of carboxylic acid groups (broad SMARTS) is 1. The van der Waals surface area contributed by atoms with Crippen molar-refractivity contribution in [1.29, 1.82) is 0 Å². The number of aryl methyl sites for hydroxylation is 1. The summed E-state index contributed by atoms with van der Waals surface area (Å²) in [5, 5.41) is 9.63. The van der Waals surface area contributed by atoms with Gasteiger partial charge in [-0.15, -0.1) is 11.8 Å². The van der Waals surface area contributed by atoms with Crippen LogP contribution in [0.1, 0.15) is 15.9 Å². The molecule has 0 aliphatic rings. The molecule has 0 saturated carbocycles. The number of carboxylic acids is 1. The van der Waals surface area contributed by atoms with Gasteiger partial charge in [0.1, 0.15) is 0 Å². The Morgan fingerprint density at radius 3 is 2.72 bits per heavy atom. The van der Waals surface area contributed by atoms with Crippen LogP contribution in [0.4, 0.5) is 0 Å². The minimum atomic E-state index is -0.915. The number of benzene rings is 1. The van der Waals surface area contributed by atoms with E-state index in [-0.39, 0.29) is 5.56 Å². The van der Waals surface area contributed by atoms with Gasteiger partial charge in [-0.1, -0.05) is 30.3 Å². The molecule has 0 spiro atoms. The van der Waals surface area contributed by atoms with Gasteiger partial charge in [0.15, 0.2) is 0 Å². The van der Waals surface area contributed by atoms with Gasteiger partial charge in [-0.2, -0.15) is 0 Å². The van der Waals surface area contributed by atoms with Gasteiger partial charge in [0.2, 0.25) is 0 Å². The summed E-state index contributed by atoms with van der Waals surface area (Å²) in [7, 11) is 0. The molecular weight excluding hydrogens is 246 g/mol. The normalized spacial score (nSPS) is 10.2. The van der Waals surface area contributed by atoms with Crippen molar-refractivity contribution >= 4 is 17.7 Å². The van der Waals surface area contributed by atoms with E-state index < -0.39 is 5.97 Å². The third-order valence-electron chi connectivity index (χ3n) is 2.47. The Bertz CT molecular complexity index is 528. The lowest BCUT2D eigenvalue weighted by molar-refractivity contribution is 0.0696. The standard InChI is InChI=1S/C14H13NO2S/c16-14(17)12-6-8-15-13(10-12)18-9-7-11-4-2-1-3-5-11/h1-6,8,10H,7,9H2,(H,16,17). The van der Waals surface area contributed by atoms with Crippen molar-refractivity contribution in [3.8, 4) is 0 Å². The van der Waals surface area contributed by atoms with E-state index in [1.807, 2.05) is 18.2 Å². The molecule has 0 radical (unpaired) electrons. The number of hydrogen-bond donors (Lipinski definition) is 1. The Hall–Kier alpha value is -1.81. The Morgan fingerprint density at radius 1 is 1.22 bits per heavy atom. The highest BCUT2D eigenvalue weighted by Gasteiger charge is 2.04. The molecule has 1 aromatic heterocycles. The number of aromatic nitrogens is 1. The highest BCUT2D eigenvalue weighted by Crippen LogP contribution is 2.17. The van der Waals surface area contributed by atoms with Gasteiger partial charge >= 0.3 is 5.97 Å². The molecule has 0 atom stereocenters. The van der Waals surface area contributed by atoms with E-state index in [0.717, 1.165) is 17.2 Å². The van der Waals surface area contributed by atoms with Crippen molar-refractivity contribution < 1.29 is 9.90 Å². The first-order chi connectivity index (χ1) is 8.75. The molecular formula is C14H13NO2S. The molecule has 4 heteroatoms. The number of nitrogens with zero attached hydrogens (tertiary/aromatic N) is 1. The van der Waals surface area contributed by atoms with E-state index >= 15 is 0 Å². The number of pyridine rings is 1. The topological polar surface area (TPSA) is 50.2 Å². The zero-order chi connectivity index (χ0) is 12.8. The predicted octanol–water partition coefficient (Wildman–Crippen LogP) is 3.11. The second-order valence-corrected chi connectivity index (χ2v) is 4.89. The van der Waals surface area contributed by atoms with Crippen molar-refractivity contribution in [2.24, 2.45) is 0 Å². The zero-order valence-corrected chi connectivity index (χ0v) is 10.6. The summed E-state index contributed by atoms with van der Waals surface area (Å²) in [5.74, 6) is -0.0256. The number of aromatic carboxylic acids is 1. The Labute approximate surface area is 110 Å². The minimum Gasteiger partial charge on any atom is -0.478 e. The number of thioether (sulfide) groups is 1. The summed E-state index contributed by atoms with van der Waals surface area (Å²) in [6.45, 7) is 0. The predicted molar refractivity (Wildman–Crippen MR) is 72.1 cm³/mol. The Balaban J connectivity index is 1.90. The van der Waals surface area contributed by atoms with E-state index in [1.165, 1.54) is 17.8 Å². The lowest BCUT2D eigenvalue weighted by Gasteiger charge is -2.02. The molecule has 0 amide bonds. The molecule has 0 bridgehead atoms. The fourth-order valence-corrected chi connectivity index (χ4v) is 2.43. The molecule has 0 fully saturated rings. The van der Waals surface area contributed by atoms with Gasteiger partial charge < -0.3 is 5.11 Å². The van der Waals surface area contributed by atoms with E-state index in [9.17, 15) is 4.79 Å². The minimum absolute atomic E-state index is 0.284. The average Bonchev–Trinajstić information content (AvgIpc) is 2.40. The van der Waals surface area contributed by atoms with Crippen LogP contribution < -0.4 is 0 Å². The van der Waals surface area contributed by atoms with Gasteiger partial charge in [0.05, 0.1) is 10.6 Å². The van der Waals surface area contributed by atoms with Crippen molar-refractivity contribution in [2.45, 2.75) is 11.4 Å². The summed E-state index contributed by atoms with van der Waals surface area (Å²) >= 11 is 1.57. The second-order valence-electron chi connectivity index (χ2n) is 3.77. The van der Waals surface area contributed by atoms with Crippen LogP contribution >= 0.6 is 11.8 Å². The van der Waals surface area contributed by atoms with Gasteiger partial charge in [-0.05, 0) is 24.1 Å². The highest BCUT2D eigenvalue weighted by molar-refractivity contribution is 7.99. The van der Waals surface area contributed by atoms with Crippen LogP contribution in [0.25, 0.3) is 0 Å². The number of rotatable bonds is 5. The van der Waals surface area contributed by atoms with Crippen LogP contribution in [0, 0.1) is 0 Å². The van der Waals surface area contributed by atoms with Crippen LogP contribution in [-0.4, -0.2) is 21.8 Å². The zero-order valence-electron chi connectivity index (χ0n) is 9.74. The van der Waals surface area contributed by atoms with Crippen LogP contribution in [0.5, 0.6) is 0 Å². The van der Waals surface area contributed by atoms with Crippen molar-refractivity contribution in [3.63, 3.8) is 0 Å². The Morgan fingerprint density at radius 2 is 2.00 bits per heavy atom. The van der Waals surface area contributed by atoms with Crippen LogP contribution in [0.2, 0.25) is 0 Å². The number of carbonyl (C=O) groups is 1. The Kier molecular flexibility index (Phi) is 4.36. The summed E-state index contributed by atoms with van der Waals surface area (Å²) in [5.41, 5.74) is 1.56. The summed E-state index contributed by atoms with van der Waals surface area (Å²) in [6.07, 6.45) is 2.48. The maximum Gasteiger partial charge on any atom is 0.335 e. The highest BCUT2D eigenvalue weighted by atomic mass is 32.2. The summed E-state index contributed by atoms with van der Waals surface area (Å²) < 4.78 is 0. The van der Waals surface area contributed by atoms with Crippen molar-refractivity contribution in [1.82, 2.24) is 4.98 Å². The summed E-state index contributed by atoms with van der Waals surface area (Å²) in [4.78, 5) is 15.0. The molecule has 2 aromatic rings. The molecule has 1 aromatic carbocycles. The molecule has 18 heavy (non-hydrogen) atoms. The van der Waals surface area contributed by atoms with Gasteiger partial charge in [0, 0.05) is 11.9 Å². The molecule has 0 saturated heterocycles. The molecule has 1 N–H and O–H groups in total. The summed E-state index contributed by atoms with van der Waals surface area (Å²) in [6, 6.07) is 13.3. The first-order valence-electron chi connectivity index (χ1n) is 5.62. The second kappa shape index (κ2) is 6.21. The van der Waals surface area contributed by atoms with E-state index in [0.29, 0.717) is 0 Å². The molecule has 2 rings (SSSR count). The average molecular weight is 259 g/mol. The third kappa shape index (κ3) is 3.60. The molecule has 3 nitrogen and oxygen atoms in total. The third-order valence-corrected chi connectivity index (χ3v) is 3.39. The molecule has 0 aliphatic carbocycles. The smallest absolute Gasteiger partial charge is 0.335 e. The first kappa shape index (κ1) is 12.6. The monoisotopic (exact) mass is 259 g/mol. The SMILES string of the molecule is O=C(O)c1ccnc(SCCc2ccccc2)c1. The quantitative estimate of drug-likeness (QED) is 0.838. The number of hydrogen-bond acceptors (Lipinski definition) is 3. The molecule has 0 unspecified atom stereocenters. The van der Waals surface area contributed by atoms with E-state index in [2.05, 4.69) is 17.1 Å². The van der Waals surface area contributed by atoms with Crippen LogP contribution in [0.3, 0.4) is 0 Å². The maximum absolute atomic E-state index is 10.8. The first-order valence-corrected chi connectivity index (χ1v) is 6.60. The molecule has 0 aliphatic heterocycles. The lowest BCUT2D eigenvalue weighted by Crippen LogP contribution is -1.97.